The highest BCUT2D eigenvalue weighted by Gasteiger charge is 2.50. The average Bonchev–Trinajstić information content (AvgIpc) is 3.34. The first-order valence-corrected chi connectivity index (χ1v) is 21.1. The molecule has 4 aromatic rings. The largest absolute Gasteiger partial charge is 0.507 e. The lowest BCUT2D eigenvalue weighted by atomic mass is 9.98. The molecule has 0 spiro atoms. The Labute approximate surface area is 393 Å². The minimum Gasteiger partial charge on any atom is -0.507 e. The van der Waals surface area contributed by atoms with E-state index in [4.69, 9.17) is 47.0 Å². The third kappa shape index (κ3) is 10.4. The lowest BCUT2D eigenvalue weighted by Crippen LogP contribution is -2.62. The maximum atomic E-state index is 14.1. The zero-order chi connectivity index (χ0) is 50.9. The topological polar surface area (TPSA) is 414 Å². The normalized spacial score (nSPS) is 31.3. The first kappa shape index (κ1) is 51.8. The standard InChI is InChI=1S/C44H50O26/c1-61-22-7-15(8-23(62-2)29(22)51)3-6-27(50)69-41-36(58)31(53)25(13-46)67-44(41)63-14-26-32(54)35(57)37(59)42(68-26)64-17-10-20(49)28-21(11-17)65-39(16-4-5-18(47)19(48)9-16)40(33(28)55)70-43-38(60)34(56)30(52)24(12-45)66-43/h3-11,24-26,30-32,34-38,41-49,51-54,56-60H,12-14H2,1-2H3/b6-3+/t24-,25-,26-,30-,31-,32-,34+,35+,36+,37-,38-,41-,42-,43+,44-/m1/s1. The van der Waals surface area contributed by atoms with Crippen LogP contribution in [0.25, 0.3) is 28.4 Å². The molecule has 70 heavy (non-hydrogen) atoms. The second-order valence-electron chi connectivity index (χ2n) is 16.1. The van der Waals surface area contributed by atoms with Crippen molar-refractivity contribution >= 4 is 23.0 Å². The van der Waals surface area contributed by atoms with E-state index in [0.717, 1.165) is 30.3 Å². The zero-order valence-corrected chi connectivity index (χ0v) is 36.6. The number of aromatic hydroxyl groups is 4. The third-order valence-electron chi connectivity index (χ3n) is 11.6. The van der Waals surface area contributed by atoms with E-state index in [2.05, 4.69) is 0 Å². The molecule has 26 heteroatoms. The van der Waals surface area contributed by atoms with Crippen LogP contribution < -0.4 is 24.4 Å². The van der Waals surface area contributed by atoms with Crippen LogP contribution in [0.4, 0.5) is 0 Å². The number of phenolic OH excluding ortho intramolecular Hbond substituents is 4. The van der Waals surface area contributed by atoms with Crippen LogP contribution in [-0.2, 0) is 28.5 Å². The number of aliphatic hydroxyl groups excluding tert-OH is 10. The van der Waals surface area contributed by atoms with Crippen molar-refractivity contribution in [3.05, 3.63) is 64.3 Å². The number of carbonyl (C=O) groups is 1. The molecule has 1 aromatic heterocycles. The number of hydrogen-bond acceptors (Lipinski definition) is 26. The minimum atomic E-state index is -2.03. The molecule has 0 bridgehead atoms. The van der Waals surface area contributed by atoms with Gasteiger partial charge in [-0.15, -0.1) is 0 Å². The van der Waals surface area contributed by atoms with E-state index in [1.54, 1.807) is 0 Å². The number of methoxy groups -OCH3 is 2. The van der Waals surface area contributed by atoms with Crippen LogP contribution in [0, 0.1) is 0 Å². The van der Waals surface area contributed by atoms with Crippen molar-refractivity contribution in [2.45, 2.75) is 92.1 Å². The lowest BCUT2D eigenvalue weighted by molar-refractivity contribution is -0.324. The molecule has 0 aliphatic carbocycles. The van der Waals surface area contributed by atoms with Crippen LogP contribution in [0.3, 0.4) is 0 Å². The van der Waals surface area contributed by atoms with Crippen LogP contribution in [0.15, 0.2) is 57.8 Å². The summed E-state index contributed by atoms with van der Waals surface area (Å²) >= 11 is 0. The minimum absolute atomic E-state index is 0.0127. The van der Waals surface area contributed by atoms with Gasteiger partial charge in [-0.25, -0.2) is 4.79 Å². The molecule has 0 amide bonds. The van der Waals surface area contributed by atoms with Gasteiger partial charge in [-0.1, -0.05) is 0 Å². The SMILES string of the molecule is COc1cc(/C=C/C(=O)O[C@H]2[C@H](OC[C@H]3O[C@@H](Oc4cc(O)c5c(=O)c(O[C@@H]6O[C@H](CO)[C@@H](O)[C@H](O)[C@H]6O)c(-c6ccc(O)c(O)c6)oc5c4)[C@H](O)[C@@H](O)[C@@H]3O)O[C@H](CO)[C@@H](O)[C@@H]2O)cc(OC)c1O. The summed E-state index contributed by atoms with van der Waals surface area (Å²) in [6.07, 6.45) is -25.4. The fourth-order valence-electron chi connectivity index (χ4n) is 7.71. The van der Waals surface area contributed by atoms with Gasteiger partial charge in [0, 0.05) is 23.8 Å². The predicted octanol–water partition coefficient (Wildman–Crippen LogP) is -3.25. The van der Waals surface area contributed by atoms with Crippen molar-refractivity contribution in [1.29, 1.82) is 0 Å². The maximum Gasteiger partial charge on any atom is 0.331 e. The third-order valence-corrected chi connectivity index (χ3v) is 11.6. The molecule has 26 nitrogen and oxygen atoms in total. The molecule has 0 unspecified atom stereocenters. The molecule has 3 aliphatic rings. The summed E-state index contributed by atoms with van der Waals surface area (Å²) < 4.78 is 55.5. The first-order valence-electron chi connectivity index (χ1n) is 21.1. The fraction of sp³-hybridized carbons (Fsp3) is 0.455. The summed E-state index contributed by atoms with van der Waals surface area (Å²) in [6.45, 7) is -2.49. The molecule has 0 radical (unpaired) electrons. The average molecular weight is 995 g/mol. The molecule has 3 aliphatic heterocycles. The number of esters is 1. The number of carbonyl (C=O) groups excluding carboxylic acids is 1. The summed E-state index contributed by atoms with van der Waals surface area (Å²) in [5.41, 5.74) is -1.47. The Balaban J connectivity index is 1.12. The maximum absolute atomic E-state index is 14.1. The number of fused-ring (bicyclic) bond motifs is 1. The van der Waals surface area contributed by atoms with Gasteiger partial charge < -0.3 is 119 Å². The Morgan fingerprint density at radius 3 is 1.81 bits per heavy atom. The number of benzene rings is 3. The Kier molecular flexibility index (Phi) is 15.9. The van der Waals surface area contributed by atoms with E-state index in [9.17, 15) is 81.1 Å². The van der Waals surface area contributed by atoms with Gasteiger partial charge in [0.2, 0.25) is 29.5 Å². The summed E-state index contributed by atoms with van der Waals surface area (Å²) in [5.74, 6) is -5.27. The highest BCUT2D eigenvalue weighted by Crippen LogP contribution is 2.41. The molecule has 0 saturated carbocycles. The van der Waals surface area contributed by atoms with Crippen LogP contribution in [-0.4, -0.2) is 204 Å². The second-order valence-corrected chi connectivity index (χ2v) is 16.1. The van der Waals surface area contributed by atoms with E-state index >= 15 is 0 Å². The number of rotatable bonds is 15. The number of phenols is 4. The summed E-state index contributed by atoms with van der Waals surface area (Å²) in [5, 5.41) is 146. The molecule has 3 fully saturated rings. The van der Waals surface area contributed by atoms with E-state index < -0.39 is 169 Å². The van der Waals surface area contributed by atoms with Crippen LogP contribution in [0.2, 0.25) is 0 Å². The second kappa shape index (κ2) is 21.5. The predicted molar refractivity (Wildman–Crippen MR) is 228 cm³/mol. The van der Waals surface area contributed by atoms with E-state index in [0.29, 0.717) is 5.56 Å². The van der Waals surface area contributed by atoms with Crippen molar-refractivity contribution in [2.24, 2.45) is 0 Å². The monoisotopic (exact) mass is 994 g/mol. The highest BCUT2D eigenvalue weighted by atomic mass is 16.7. The van der Waals surface area contributed by atoms with Crippen molar-refractivity contribution in [3.63, 3.8) is 0 Å². The number of aliphatic hydroxyl groups is 10. The van der Waals surface area contributed by atoms with Gasteiger partial charge in [0.15, 0.2) is 41.2 Å². The Bertz CT molecular complexity index is 2560. The molecular formula is C44H50O26. The molecule has 15 atom stereocenters. The van der Waals surface area contributed by atoms with E-state index in [1.807, 2.05) is 0 Å². The molecule has 4 heterocycles. The zero-order valence-electron chi connectivity index (χ0n) is 36.6. The van der Waals surface area contributed by atoms with Crippen molar-refractivity contribution in [3.8, 4) is 57.3 Å². The molecule has 3 aromatic carbocycles. The molecular weight excluding hydrogens is 944 g/mol. The van der Waals surface area contributed by atoms with Gasteiger partial charge in [0.05, 0.1) is 34.0 Å². The van der Waals surface area contributed by atoms with Crippen LogP contribution >= 0.6 is 0 Å². The summed E-state index contributed by atoms with van der Waals surface area (Å²) in [4.78, 5) is 27.2. The fourth-order valence-corrected chi connectivity index (χ4v) is 7.71. The van der Waals surface area contributed by atoms with Crippen LogP contribution in [0.5, 0.6) is 46.0 Å². The summed E-state index contributed by atoms with van der Waals surface area (Å²) in [6, 6.07) is 7.73. The van der Waals surface area contributed by atoms with Gasteiger partial charge in [0.1, 0.15) is 89.6 Å². The van der Waals surface area contributed by atoms with E-state index in [-0.39, 0.29) is 22.8 Å². The van der Waals surface area contributed by atoms with Gasteiger partial charge >= 0.3 is 5.97 Å². The first-order chi connectivity index (χ1) is 33.3. The number of ether oxygens (including phenoxy) is 9. The molecule has 382 valence electrons. The van der Waals surface area contributed by atoms with E-state index in [1.165, 1.54) is 38.5 Å². The Hall–Kier alpha value is -6.08. The Morgan fingerprint density at radius 1 is 0.643 bits per heavy atom. The summed E-state index contributed by atoms with van der Waals surface area (Å²) in [7, 11) is 2.58. The van der Waals surface area contributed by atoms with Crippen molar-refractivity contribution < 1.29 is 123 Å². The van der Waals surface area contributed by atoms with Crippen molar-refractivity contribution in [2.75, 3.05) is 34.0 Å². The smallest absolute Gasteiger partial charge is 0.331 e. The van der Waals surface area contributed by atoms with Crippen LogP contribution in [0.1, 0.15) is 5.56 Å². The molecule has 7 rings (SSSR count). The van der Waals surface area contributed by atoms with Gasteiger partial charge in [-0.2, -0.15) is 0 Å². The lowest BCUT2D eigenvalue weighted by Gasteiger charge is -2.43. The van der Waals surface area contributed by atoms with Gasteiger partial charge in [-0.05, 0) is 42.0 Å². The van der Waals surface area contributed by atoms with Gasteiger partial charge in [-0.3, -0.25) is 4.79 Å². The molecule has 14 N–H and O–H groups in total. The quantitative estimate of drug-likeness (QED) is 0.0316. The Morgan fingerprint density at radius 2 is 1.21 bits per heavy atom. The van der Waals surface area contributed by atoms with Crippen molar-refractivity contribution in [1.82, 2.24) is 0 Å². The highest BCUT2D eigenvalue weighted by molar-refractivity contribution is 5.89. The van der Waals surface area contributed by atoms with Gasteiger partial charge in [0.25, 0.3) is 0 Å². The molecule has 3 saturated heterocycles. The number of hydrogen-bond donors (Lipinski definition) is 14.